The monoisotopic (exact) mass is 313 g/mol. The minimum Gasteiger partial charge on any atom is -0.392 e. The molecule has 0 aliphatic carbocycles. The Hall–Kier alpha value is -1.76. The smallest absolute Gasteiger partial charge is 0.218 e. The van der Waals surface area contributed by atoms with Crippen molar-refractivity contribution in [3.8, 4) is 0 Å². The van der Waals surface area contributed by atoms with Gasteiger partial charge in [-0.2, -0.15) is 0 Å². The van der Waals surface area contributed by atoms with Crippen molar-refractivity contribution in [1.82, 2.24) is 5.32 Å². The van der Waals surface area contributed by atoms with Crippen molar-refractivity contribution >= 4 is 0 Å². The van der Waals surface area contributed by atoms with Gasteiger partial charge in [0.1, 0.15) is 5.54 Å². The lowest BCUT2D eigenvalue weighted by Crippen LogP contribution is -2.69. The second-order valence-corrected chi connectivity index (χ2v) is 6.14. The number of benzene rings is 2. The largest absolute Gasteiger partial charge is 0.392 e. The molecule has 5 nitrogen and oxygen atoms in total. The summed E-state index contributed by atoms with van der Waals surface area (Å²) in [5.41, 5.74) is -0.484. The Morgan fingerprint density at radius 1 is 0.870 bits per heavy atom. The standard InChI is InChI=1S/C18H19NO4/c20-11-16-12-23-18(21,15-9-5-2-6-10-15)17(19-16,13-22-16)14-7-3-1-4-8-14/h1-10,19-21H,11-13H2/t16-,17-,18+/m1/s1. The van der Waals surface area contributed by atoms with Crippen molar-refractivity contribution in [2.75, 3.05) is 19.8 Å². The van der Waals surface area contributed by atoms with Gasteiger partial charge in [0.25, 0.3) is 0 Å². The van der Waals surface area contributed by atoms with Gasteiger partial charge in [-0.15, -0.1) is 0 Å². The van der Waals surface area contributed by atoms with E-state index in [4.69, 9.17) is 9.47 Å². The molecule has 120 valence electrons. The fourth-order valence-electron chi connectivity index (χ4n) is 3.51. The van der Waals surface area contributed by atoms with Crippen LogP contribution < -0.4 is 5.32 Å². The molecular weight excluding hydrogens is 294 g/mol. The molecule has 3 atom stereocenters. The van der Waals surface area contributed by atoms with Gasteiger partial charge in [-0.1, -0.05) is 60.7 Å². The minimum atomic E-state index is -1.59. The van der Waals surface area contributed by atoms with Crippen LogP contribution in [-0.4, -0.2) is 35.8 Å². The maximum Gasteiger partial charge on any atom is 0.218 e. The number of morpholine rings is 1. The summed E-state index contributed by atoms with van der Waals surface area (Å²) in [5.74, 6) is -1.59. The first-order valence-corrected chi connectivity index (χ1v) is 7.66. The Morgan fingerprint density at radius 3 is 2.09 bits per heavy atom. The van der Waals surface area contributed by atoms with Crippen molar-refractivity contribution in [2.24, 2.45) is 0 Å². The zero-order valence-corrected chi connectivity index (χ0v) is 12.6. The summed E-state index contributed by atoms with van der Waals surface area (Å²) in [4.78, 5) is 0. The highest BCUT2D eigenvalue weighted by atomic mass is 16.7. The number of ether oxygens (including phenoxy) is 2. The number of fused-ring (bicyclic) bond motifs is 2. The number of hydrogen-bond acceptors (Lipinski definition) is 5. The molecule has 2 bridgehead atoms. The van der Waals surface area contributed by atoms with E-state index < -0.39 is 17.1 Å². The third-order valence-corrected chi connectivity index (χ3v) is 4.79. The van der Waals surface area contributed by atoms with Gasteiger partial charge in [0.15, 0.2) is 5.72 Å². The second-order valence-electron chi connectivity index (χ2n) is 6.14. The molecule has 3 N–H and O–H groups in total. The van der Waals surface area contributed by atoms with Crippen LogP contribution in [0.3, 0.4) is 0 Å². The molecule has 4 rings (SSSR count). The summed E-state index contributed by atoms with van der Waals surface area (Å²) in [5, 5.41) is 24.5. The SMILES string of the molecule is OC[C@]12CO[C@@](O)(c3ccccc3)[C@](c3ccccc3)(CO1)N2. The molecule has 2 aliphatic heterocycles. The van der Waals surface area contributed by atoms with E-state index in [1.54, 1.807) is 0 Å². The fourth-order valence-corrected chi connectivity index (χ4v) is 3.51. The van der Waals surface area contributed by atoms with Crippen LogP contribution in [0, 0.1) is 0 Å². The van der Waals surface area contributed by atoms with E-state index in [0.29, 0.717) is 5.56 Å². The topological polar surface area (TPSA) is 71.0 Å². The first-order valence-electron chi connectivity index (χ1n) is 7.66. The first kappa shape index (κ1) is 14.8. The molecule has 0 spiro atoms. The van der Waals surface area contributed by atoms with E-state index in [-0.39, 0.29) is 19.8 Å². The Morgan fingerprint density at radius 2 is 1.48 bits per heavy atom. The fraction of sp³-hybridized carbons (Fsp3) is 0.333. The summed E-state index contributed by atoms with van der Waals surface area (Å²) >= 11 is 0. The van der Waals surface area contributed by atoms with E-state index in [9.17, 15) is 10.2 Å². The van der Waals surface area contributed by atoms with Crippen molar-refractivity contribution in [3.63, 3.8) is 0 Å². The summed E-state index contributed by atoms with van der Waals surface area (Å²) in [6, 6.07) is 18.8. The molecular formula is C18H19NO4. The molecule has 2 aliphatic rings. The Labute approximate surface area is 134 Å². The van der Waals surface area contributed by atoms with Gasteiger partial charge in [-0.25, -0.2) is 0 Å². The number of aliphatic hydroxyl groups is 2. The third-order valence-electron chi connectivity index (χ3n) is 4.79. The van der Waals surface area contributed by atoms with Gasteiger partial charge >= 0.3 is 0 Å². The maximum absolute atomic E-state index is 11.5. The lowest BCUT2D eigenvalue weighted by atomic mass is 9.77. The van der Waals surface area contributed by atoms with Gasteiger partial charge in [0.05, 0.1) is 19.8 Å². The van der Waals surface area contributed by atoms with Crippen molar-refractivity contribution in [1.29, 1.82) is 0 Å². The molecule has 0 unspecified atom stereocenters. The molecule has 5 heteroatoms. The number of hydrogen-bond donors (Lipinski definition) is 3. The van der Waals surface area contributed by atoms with Crippen LogP contribution in [0.15, 0.2) is 60.7 Å². The van der Waals surface area contributed by atoms with Crippen molar-refractivity contribution < 1.29 is 19.7 Å². The van der Waals surface area contributed by atoms with Gasteiger partial charge in [0, 0.05) is 5.56 Å². The highest BCUT2D eigenvalue weighted by Gasteiger charge is 2.66. The first-order chi connectivity index (χ1) is 11.1. The Kier molecular flexibility index (Phi) is 3.30. The molecule has 2 aromatic carbocycles. The van der Waals surface area contributed by atoms with Crippen LogP contribution in [0.4, 0.5) is 0 Å². The van der Waals surface area contributed by atoms with Gasteiger partial charge in [0.2, 0.25) is 5.79 Å². The summed E-state index contributed by atoms with van der Waals surface area (Å²) in [6.07, 6.45) is 0. The molecule has 2 aromatic rings. The average Bonchev–Trinajstić information content (AvgIpc) is 2.98. The van der Waals surface area contributed by atoms with E-state index in [1.807, 2.05) is 60.7 Å². The molecule has 0 amide bonds. The predicted molar refractivity (Wildman–Crippen MR) is 83.3 cm³/mol. The normalized spacial score (nSPS) is 36.1. The van der Waals surface area contributed by atoms with E-state index in [2.05, 4.69) is 5.32 Å². The number of aliphatic hydroxyl groups excluding tert-OH is 1. The number of rotatable bonds is 3. The molecule has 0 aromatic heterocycles. The highest BCUT2D eigenvalue weighted by Crippen LogP contribution is 2.50. The Balaban J connectivity index is 1.89. The van der Waals surface area contributed by atoms with Crippen molar-refractivity contribution in [3.05, 3.63) is 71.8 Å². The Bertz CT molecular complexity index is 695. The van der Waals surface area contributed by atoms with Gasteiger partial charge in [-0.05, 0) is 5.56 Å². The number of nitrogens with one attached hydrogen (secondary N) is 1. The van der Waals surface area contributed by atoms with Gasteiger partial charge in [-0.3, -0.25) is 5.32 Å². The molecule has 0 saturated carbocycles. The highest BCUT2D eigenvalue weighted by molar-refractivity contribution is 5.37. The molecule has 2 heterocycles. The third kappa shape index (κ3) is 1.99. The van der Waals surface area contributed by atoms with E-state index >= 15 is 0 Å². The van der Waals surface area contributed by atoms with Crippen LogP contribution in [-0.2, 0) is 20.8 Å². The molecule has 0 radical (unpaired) electrons. The van der Waals surface area contributed by atoms with Crippen LogP contribution in [0.1, 0.15) is 11.1 Å². The van der Waals surface area contributed by atoms with Crippen molar-refractivity contribution in [2.45, 2.75) is 17.1 Å². The van der Waals surface area contributed by atoms with Crippen LogP contribution in [0.5, 0.6) is 0 Å². The van der Waals surface area contributed by atoms with E-state index in [1.165, 1.54) is 0 Å². The zero-order chi connectivity index (χ0) is 16.0. The van der Waals surface area contributed by atoms with Crippen LogP contribution >= 0.6 is 0 Å². The second kappa shape index (κ2) is 5.12. The lowest BCUT2D eigenvalue weighted by Gasteiger charge is -2.49. The maximum atomic E-state index is 11.5. The quantitative estimate of drug-likeness (QED) is 0.790. The average molecular weight is 313 g/mol. The summed E-state index contributed by atoms with van der Waals surface area (Å²) in [6.45, 7) is 0.0267. The van der Waals surface area contributed by atoms with Crippen LogP contribution in [0.25, 0.3) is 0 Å². The van der Waals surface area contributed by atoms with E-state index in [0.717, 1.165) is 5.56 Å². The molecule has 23 heavy (non-hydrogen) atoms. The van der Waals surface area contributed by atoms with Gasteiger partial charge < -0.3 is 19.7 Å². The summed E-state index contributed by atoms with van der Waals surface area (Å²) in [7, 11) is 0. The predicted octanol–water partition coefficient (Wildman–Crippen LogP) is 1.07. The molecule has 2 fully saturated rings. The summed E-state index contributed by atoms with van der Waals surface area (Å²) < 4.78 is 11.7. The van der Waals surface area contributed by atoms with Crippen LogP contribution in [0.2, 0.25) is 0 Å². The lowest BCUT2D eigenvalue weighted by molar-refractivity contribution is -0.297. The molecule has 2 saturated heterocycles. The minimum absolute atomic E-state index is 0.0590. The zero-order valence-electron chi connectivity index (χ0n) is 12.6.